The molecule has 0 spiro atoms. The zero-order valence-corrected chi connectivity index (χ0v) is 20.9. The van der Waals surface area contributed by atoms with Crippen molar-refractivity contribution in [2.75, 3.05) is 49.6 Å². The highest BCUT2D eigenvalue weighted by atomic mass is 16.5. The van der Waals surface area contributed by atoms with Gasteiger partial charge in [0.2, 0.25) is 17.7 Å². The van der Waals surface area contributed by atoms with Crippen LogP contribution in [0.2, 0.25) is 0 Å². The lowest BCUT2D eigenvalue weighted by Crippen LogP contribution is -2.48. The van der Waals surface area contributed by atoms with E-state index >= 15 is 0 Å². The Morgan fingerprint density at radius 2 is 1.91 bits per heavy atom. The van der Waals surface area contributed by atoms with E-state index in [0.717, 1.165) is 36.3 Å². The maximum atomic E-state index is 11.8. The lowest BCUT2D eigenvalue weighted by atomic mass is 10.0. The van der Waals surface area contributed by atoms with Crippen LogP contribution in [0.5, 0.6) is 11.6 Å². The molecule has 3 aromatic rings. The van der Waals surface area contributed by atoms with Gasteiger partial charge < -0.3 is 29.1 Å². The van der Waals surface area contributed by atoms with E-state index < -0.39 is 0 Å². The average molecular weight is 479 g/mol. The van der Waals surface area contributed by atoms with Crippen LogP contribution in [0, 0.1) is 0 Å². The van der Waals surface area contributed by atoms with Crippen LogP contribution in [0.25, 0.3) is 10.9 Å². The highest BCUT2D eigenvalue weighted by molar-refractivity contribution is 5.94. The molecular formula is C26H34N6O3. The van der Waals surface area contributed by atoms with Crippen molar-refractivity contribution in [3.63, 3.8) is 0 Å². The van der Waals surface area contributed by atoms with Gasteiger partial charge in [-0.05, 0) is 44.4 Å². The number of nitrogens with zero attached hydrogens (tertiary/aromatic N) is 6. The minimum absolute atomic E-state index is 0.0894. The van der Waals surface area contributed by atoms with Crippen LogP contribution < -0.4 is 14.5 Å². The van der Waals surface area contributed by atoms with Crippen LogP contribution in [-0.2, 0) is 4.79 Å². The minimum atomic E-state index is 0.0894. The molecule has 186 valence electrons. The number of aromatic nitrogens is 3. The first-order valence-electron chi connectivity index (χ1n) is 12.4. The molecule has 0 bridgehead atoms. The highest BCUT2D eigenvalue weighted by Crippen LogP contribution is 2.42. The van der Waals surface area contributed by atoms with Gasteiger partial charge in [-0.2, -0.15) is 4.98 Å². The molecule has 2 aliphatic rings. The standard InChI is InChI=1S/C26H34N6O3/c1-17(2)32-16-21-23(25(32)34)27-26(30-13-11-29(12-14-30)18(3)33)28-24(21)31-10-6-9-22(31)19-7-5-8-20(15-19)35-4/h5,7-8,15-17,22,34H,6,9-14H2,1-4H3. The van der Waals surface area contributed by atoms with Crippen LogP contribution in [-0.4, -0.2) is 70.3 Å². The largest absolute Gasteiger partial charge is 0.497 e. The number of amides is 1. The fraction of sp³-hybridized carbons (Fsp3) is 0.500. The summed E-state index contributed by atoms with van der Waals surface area (Å²) in [7, 11) is 1.69. The third-order valence-electron chi connectivity index (χ3n) is 7.21. The molecule has 2 fully saturated rings. The second-order valence-electron chi connectivity index (χ2n) is 9.68. The zero-order valence-electron chi connectivity index (χ0n) is 20.9. The number of hydrogen-bond acceptors (Lipinski definition) is 7. The maximum absolute atomic E-state index is 11.8. The van der Waals surface area contributed by atoms with Gasteiger partial charge >= 0.3 is 0 Å². The van der Waals surface area contributed by atoms with Crippen molar-refractivity contribution in [2.24, 2.45) is 0 Å². The van der Waals surface area contributed by atoms with Gasteiger partial charge in [-0.3, -0.25) is 4.79 Å². The first-order valence-corrected chi connectivity index (χ1v) is 12.4. The van der Waals surface area contributed by atoms with Gasteiger partial charge in [-0.1, -0.05) is 12.1 Å². The number of benzene rings is 1. The molecule has 2 aliphatic heterocycles. The van der Waals surface area contributed by atoms with Gasteiger partial charge in [-0.25, -0.2) is 4.98 Å². The molecule has 1 atom stereocenters. The molecule has 0 aliphatic carbocycles. The lowest BCUT2D eigenvalue weighted by molar-refractivity contribution is -0.129. The van der Waals surface area contributed by atoms with Crippen molar-refractivity contribution < 1.29 is 14.6 Å². The van der Waals surface area contributed by atoms with Crippen LogP contribution in [0.15, 0.2) is 30.5 Å². The smallest absolute Gasteiger partial charge is 0.228 e. The zero-order chi connectivity index (χ0) is 24.7. The number of hydrogen-bond donors (Lipinski definition) is 1. The number of anilines is 2. The van der Waals surface area contributed by atoms with Crippen LogP contribution >= 0.6 is 0 Å². The van der Waals surface area contributed by atoms with Crippen LogP contribution in [0.3, 0.4) is 0 Å². The molecule has 0 radical (unpaired) electrons. The number of carbonyl (C=O) groups is 1. The van der Waals surface area contributed by atoms with Gasteiger partial charge in [-0.15, -0.1) is 0 Å². The summed E-state index contributed by atoms with van der Waals surface area (Å²) >= 11 is 0. The summed E-state index contributed by atoms with van der Waals surface area (Å²) in [6, 6.07) is 8.48. The second-order valence-corrected chi connectivity index (χ2v) is 9.68. The number of fused-ring (bicyclic) bond motifs is 1. The van der Waals surface area contributed by atoms with Gasteiger partial charge in [0.1, 0.15) is 17.1 Å². The summed E-state index contributed by atoms with van der Waals surface area (Å²) < 4.78 is 7.34. The quantitative estimate of drug-likeness (QED) is 0.598. The molecule has 1 amide bonds. The Morgan fingerprint density at radius 1 is 1.14 bits per heavy atom. The molecule has 1 N–H and O–H groups in total. The van der Waals surface area contributed by atoms with Crippen molar-refractivity contribution >= 4 is 28.6 Å². The molecule has 2 aromatic heterocycles. The predicted molar refractivity (Wildman–Crippen MR) is 136 cm³/mol. The van der Waals surface area contributed by atoms with Gasteiger partial charge in [0.05, 0.1) is 18.5 Å². The number of methoxy groups -OCH3 is 1. The van der Waals surface area contributed by atoms with E-state index in [9.17, 15) is 9.90 Å². The van der Waals surface area contributed by atoms with E-state index in [1.165, 1.54) is 5.56 Å². The first kappa shape index (κ1) is 23.3. The normalized spacial score (nSPS) is 18.7. The van der Waals surface area contributed by atoms with Crippen molar-refractivity contribution in [1.82, 2.24) is 19.4 Å². The molecular weight excluding hydrogens is 444 g/mol. The summed E-state index contributed by atoms with van der Waals surface area (Å²) in [5.41, 5.74) is 1.77. The fourth-order valence-electron chi connectivity index (χ4n) is 5.25. The van der Waals surface area contributed by atoms with E-state index in [0.29, 0.717) is 37.6 Å². The van der Waals surface area contributed by atoms with Crippen molar-refractivity contribution in [3.8, 4) is 11.6 Å². The Bertz CT molecular complexity index is 1230. The molecule has 9 heteroatoms. The van der Waals surface area contributed by atoms with E-state index in [1.807, 2.05) is 41.6 Å². The molecule has 4 heterocycles. The molecule has 35 heavy (non-hydrogen) atoms. The third kappa shape index (κ3) is 4.24. The Morgan fingerprint density at radius 3 is 2.60 bits per heavy atom. The predicted octanol–water partition coefficient (Wildman–Crippen LogP) is 3.74. The molecule has 5 rings (SSSR count). The van der Waals surface area contributed by atoms with Gasteiger partial charge in [0.25, 0.3) is 0 Å². The number of carbonyl (C=O) groups excluding carboxylic acids is 1. The van der Waals surface area contributed by atoms with E-state index in [-0.39, 0.29) is 23.9 Å². The van der Waals surface area contributed by atoms with Crippen molar-refractivity contribution in [1.29, 1.82) is 0 Å². The Kier molecular flexibility index (Phi) is 6.17. The Hall–Kier alpha value is -3.49. The molecule has 1 unspecified atom stereocenters. The monoisotopic (exact) mass is 478 g/mol. The Labute approximate surface area is 205 Å². The molecule has 9 nitrogen and oxygen atoms in total. The number of piperazine rings is 1. The topological polar surface area (TPSA) is 87.0 Å². The maximum Gasteiger partial charge on any atom is 0.228 e. The highest BCUT2D eigenvalue weighted by Gasteiger charge is 2.32. The summed E-state index contributed by atoms with van der Waals surface area (Å²) in [5, 5.41) is 11.9. The fourth-order valence-corrected chi connectivity index (χ4v) is 5.25. The Balaban J connectivity index is 1.59. The van der Waals surface area contributed by atoms with Crippen LogP contribution in [0.1, 0.15) is 51.3 Å². The van der Waals surface area contributed by atoms with E-state index in [1.54, 1.807) is 14.0 Å². The van der Waals surface area contributed by atoms with Gasteiger partial charge in [0.15, 0.2) is 0 Å². The summed E-state index contributed by atoms with van der Waals surface area (Å²) in [4.78, 5) is 28.0. The number of aromatic hydroxyl groups is 1. The van der Waals surface area contributed by atoms with Crippen molar-refractivity contribution in [3.05, 3.63) is 36.0 Å². The minimum Gasteiger partial charge on any atom is -0.497 e. The van der Waals surface area contributed by atoms with E-state index in [4.69, 9.17) is 14.7 Å². The summed E-state index contributed by atoms with van der Waals surface area (Å²) in [5.74, 6) is 2.54. The van der Waals surface area contributed by atoms with Crippen molar-refractivity contribution in [2.45, 2.75) is 45.7 Å². The number of rotatable bonds is 5. The molecule has 0 saturated carbocycles. The summed E-state index contributed by atoms with van der Waals surface area (Å²) in [6.45, 7) is 9.17. The molecule has 1 aromatic carbocycles. The second kappa shape index (κ2) is 9.28. The number of ether oxygens (including phenoxy) is 1. The van der Waals surface area contributed by atoms with Crippen LogP contribution in [0.4, 0.5) is 11.8 Å². The van der Waals surface area contributed by atoms with Gasteiger partial charge in [0, 0.05) is 51.9 Å². The summed E-state index contributed by atoms with van der Waals surface area (Å²) in [6.07, 6.45) is 4.04. The molecule has 2 saturated heterocycles. The average Bonchev–Trinajstić information content (AvgIpc) is 3.49. The third-order valence-corrected chi connectivity index (χ3v) is 7.21. The SMILES string of the molecule is COc1cccc(C2CCCN2c2nc(N3CCN(C(C)=O)CC3)nc3c(O)n(C(C)C)cc23)c1. The van der Waals surface area contributed by atoms with E-state index in [2.05, 4.69) is 21.9 Å². The first-order chi connectivity index (χ1) is 16.9. The lowest BCUT2D eigenvalue weighted by Gasteiger charge is -2.35.